The first-order valence-electron chi connectivity index (χ1n) is 12.5. The molecular weight excluding hydrogens is 504 g/mol. The molecule has 1 aliphatic heterocycles. The number of hydrogen-bond donors (Lipinski definition) is 2. The van der Waals surface area contributed by atoms with Gasteiger partial charge in [-0.25, -0.2) is 19.7 Å². The number of hydrogen-bond acceptors (Lipinski definition) is 9. The third-order valence-electron chi connectivity index (χ3n) is 6.26. The maximum absolute atomic E-state index is 13.4. The molecule has 1 aliphatic rings. The van der Waals surface area contributed by atoms with Gasteiger partial charge in [0.2, 0.25) is 5.88 Å². The number of carbonyl (C=O) groups is 1. The molecule has 0 unspecified atom stereocenters. The van der Waals surface area contributed by atoms with Crippen molar-refractivity contribution in [1.29, 1.82) is 0 Å². The minimum absolute atomic E-state index is 0. The average molecular weight is 543 g/mol. The van der Waals surface area contributed by atoms with E-state index in [4.69, 9.17) is 15.5 Å². The highest BCUT2D eigenvalue weighted by molar-refractivity contribution is 7.90. The van der Waals surface area contributed by atoms with Crippen LogP contribution in [0.25, 0.3) is 11.4 Å². The van der Waals surface area contributed by atoms with E-state index in [0.717, 1.165) is 12.0 Å². The maximum Gasteiger partial charge on any atom is 0.281 e. The summed E-state index contributed by atoms with van der Waals surface area (Å²) >= 11 is 0. The van der Waals surface area contributed by atoms with Crippen LogP contribution < -0.4 is 20.1 Å². The fourth-order valence-corrected chi connectivity index (χ4v) is 5.75. The Hall–Kier alpha value is -3.73. The van der Waals surface area contributed by atoms with Gasteiger partial charge < -0.3 is 15.4 Å². The Kier molecular flexibility index (Phi) is 7.33. The van der Waals surface area contributed by atoms with E-state index >= 15 is 0 Å². The lowest BCUT2D eigenvalue weighted by Crippen LogP contribution is -2.41. The Morgan fingerprint density at radius 3 is 2.53 bits per heavy atom. The minimum atomic E-state index is -4.26. The highest BCUT2D eigenvalue weighted by Crippen LogP contribution is 2.38. The molecule has 1 fully saturated rings. The van der Waals surface area contributed by atoms with Gasteiger partial charge in [-0.2, -0.15) is 8.42 Å². The molecule has 0 bridgehead atoms. The van der Waals surface area contributed by atoms with Crippen LogP contribution in [0.3, 0.4) is 0 Å². The molecule has 4 heterocycles. The summed E-state index contributed by atoms with van der Waals surface area (Å²) < 4.78 is 33.8. The van der Waals surface area contributed by atoms with E-state index in [-0.39, 0.29) is 30.9 Å². The van der Waals surface area contributed by atoms with Crippen molar-refractivity contribution in [3.8, 4) is 17.3 Å². The van der Waals surface area contributed by atoms with Crippen LogP contribution in [-0.2, 0) is 10.0 Å². The number of nitrogen functional groups attached to an aromatic ring is 1. The number of sulfonamides is 1. The van der Waals surface area contributed by atoms with E-state index in [1.54, 1.807) is 12.1 Å². The van der Waals surface area contributed by atoms with Gasteiger partial charge in [0.05, 0.1) is 23.1 Å². The molecule has 3 aromatic heterocycles. The number of anilines is 2. The fourth-order valence-electron chi connectivity index (χ4n) is 4.81. The molecule has 1 amide bonds. The SMILES string of the molecule is Cc1cc(OC(C)C)nc(-c2ccc(C(=O)NS(=O)(=O)c3cccc(N)n3)c(N3C[C@@H](C)CC3(C)C)n2)c1.[HH].[HH]. The summed E-state index contributed by atoms with van der Waals surface area (Å²) in [5.41, 5.74) is 7.57. The Morgan fingerprint density at radius 1 is 1.16 bits per heavy atom. The first kappa shape index (κ1) is 27.3. The molecule has 1 saturated heterocycles. The molecular formula is C27H38N6O4S. The van der Waals surface area contributed by atoms with Gasteiger partial charge in [0.15, 0.2) is 5.03 Å². The molecule has 0 aliphatic carbocycles. The predicted octanol–water partition coefficient (Wildman–Crippen LogP) is 4.45. The highest BCUT2D eigenvalue weighted by atomic mass is 32.2. The molecule has 0 saturated carbocycles. The van der Waals surface area contributed by atoms with Crippen molar-refractivity contribution in [2.45, 2.75) is 64.6 Å². The summed E-state index contributed by atoms with van der Waals surface area (Å²) in [5, 5.41) is -0.339. The number of pyridine rings is 3. The summed E-state index contributed by atoms with van der Waals surface area (Å²) in [7, 11) is -4.26. The number of nitrogens with zero attached hydrogens (tertiary/aromatic N) is 4. The second-order valence-corrected chi connectivity index (χ2v) is 12.3. The number of aryl methyl sites for hydroxylation is 1. The lowest BCUT2D eigenvalue weighted by Gasteiger charge is -2.34. The van der Waals surface area contributed by atoms with Crippen molar-refractivity contribution >= 4 is 27.6 Å². The van der Waals surface area contributed by atoms with E-state index in [1.165, 1.54) is 18.2 Å². The van der Waals surface area contributed by atoms with Gasteiger partial charge in [0.25, 0.3) is 15.9 Å². The zero-order chi connectivity index (χ0) is 27.8. The standard InChI is InChI=1S/C27H34N6O4S.2H2/c1-16(2)37-23-13-17(3)12-21(29-23)20-11-10-19(25(30-20)33-15-18(4)14-27(33,5)6)26(34)32-38(35,36)24-9-7-8-22(28)31-24;;/h7-13,16,18H,14-15H2,1-6H3,(H2,28,31)(H,32,34);2*1H/t18-;;/m0../s1. The van der Waals surface area contributed by atoms with Crippen LogP contribution in [0.2, 0.25) is 0 Å². The molecule has 206 valence electrons. The lowest BCUT2D eigenvalue weighted by atomic mass is 9.97. The van der Waals surface area contributed by atoms with E-state index in [1.807, 2.05) is 32.9 Å². The van der Waals surface area contributed by atoms with Gasteiger partial charge in [-0.15, -0.1) is 0 Å². The number of nitrogens with two attached hydrogens (primary N) is 1. The van der Waals surface area contributed by atoms with E-state index in [2.05, 4.69) is 40.4 Å². The molecule has 3 aromatic rings. The summed E-state index contributed by atoms with van der Waals surface area (Å²) in [4.78, 5) is 28.8. The van der Waals surface area contributed by atoms with E-state index in [0.29, 0.717) is 35.5 Å². The van der Waals surface area contributed by atoms with Crippen LogP contribution in [0.1, 0.15) is 59.8 Å². The third kappa shape index (κ3) is 5.88. The topological polar surface area (TPSA) is 140 Å². The second-order valence-electron chi connectivity index (χ2n) is 10.7. The molecule has 0 radical (unpaired) electrons. The van der Waals surface area contributed by atoms with Crippen LogP contribution in [0.4, 0.5) is 11.6 Å². The summed E-state index contributed by atoms with van der Waals surface area (Å²) in [5.74, 6) is 0.455. The van der Waals surface area contributed by atoms with Gasteiger partial charge in [-0.05, 0) is 82.9 Å². The number of rotatable bonds is 7. The van der Waals surface area contributed by atoms with Crippen LogP contribution in [0, 0.1) is 12.8 Å². The normalized spacial score (nSPS) is 17.0. The number of ether oxygens (including phenoxy) is 1. The third-order valence-corrected chi connectivity index (χ3v) is 7.49. The number of aromatic nitrogens is 3. The fraction of sp³-hybridized carbons (Fsp3) is 0.407. The molecule has 4 rings (SSSR count). The smallest absolute Gasteiger partial charge is 0.281 e. The predicted molar refractivity (Wildman–Crippen MR) is 151 cm³/mol. The molecule has 3 N–H and O–H groups in total. The molecule has 1 atom stereocenters. The van der Waals surface area contributed by atoms with Gasteiger partial charge in [-0.3, -0.25) is 4.79 Å². The van der Waals surface area contributed by atoms with E-state index < -0.39 is 15.9 Å². The van der Waals surface area contributed by atoms with Crippen LogP contribution >= 0.6 is 0 Å². The summed E-state index contributed by atoms with van der Waals surface area (Å²) in [6.07, 6.45) is 0.843. The Balaban J connectivity index is 0.00000280. The van der Waals surface area contributed by atoms with Gasteiger partial charge in [0, 0.05) is 21.0 Å². The summed E-state index contributed by atoms with van der Waals surface area (Å²) in [6.45, 7) is 12.8. The van der Waals surface area contributed by atoms with Gasteiger partial charge in [0.1, 0.15) is 11.6 Å². The van der Waals surface area contributed by atoms with Crippen molar-refractivity contribution < 1.29 is 20.8 Å². The van der Waals surface area contributed by atoms with Crippen molar-refractivity contribution in [1.82, 2.24) is 19.7 Å². The Morgan fingerprint density at radius 2 is 1.89 bits per heavy atom. The maximum atomic E-state index is 13.4. The number of amides is 1. The average Bonchev–Trinajstić information content (AvgIpc) is 3.09. The second kappa shape index (κ2) is 10.2. The Bertz CT molecular complexity index is 1480. The van der Waals surface area contributed by atoms with Crippen molar-refractivity contribution in [3.05, 3.63) is 53.6 Å². The Labute approximate surface area is 226 Å². The van der Waals surface area contributed by atoms with Crippen LogP contribution in [0.15, 0.2) is 47.5 Å². The zero-order valence-electron chi connectivity index (χ0n) is 22.5. The van der Waals surface area contributed by atoms with Crippen molar-refractivity contribution in [3.63, 3.8) is 0 Å². The van der Waals surface area contributed by atoms with Gasteiger partial charge in [-0.1, -0.05) is 13.0 Å². The molecule has 11 heteroatoms. The molecule has 10 nitrogen and oxygen atoms in total. The molecule has 38 heavy (non-hydrogen) atoms. The highest BCUT2D eigenvalue weighted by Gasteiger charge is 2.39. The first-order chi connectivity index (χ1) is 17.7. The van der Waals surface area contributed by atoms with Crippen LogP contribution in [-0.4, -0.2) is 47.5 Å². The molecule has 0 aromatic carbocycles. The first-order valence-corrected chi connectivity index (χ1v) is 14.0. The molecule has 0 spiro atoms. The van der Waals surface area contributed by atoms with Gasteiger partial charge >= 0.3 is 0 Å². The van der Waals surface area contributed by atoms with Crippen molar-refractivity contribution in [2.75, 3.05) is 17.2 Å². The number of carbonyl (C=O) groups excluding carboxylic acids is 1. The zero-order valence-corrected chi connectivity index (χ0v) is 23.3. The van der Waals surface area contributed by atoms with Crippen molar-refractivity contribution in [2.24, 2.45) is 5.92 Å². The van der Waals surface area contributed by atoms with Crippen LogP contribution in [0.5, 0.6) is 5.88 Å². The number of nitrogens with one attached hydrogen (secondary N) is 1. The quantitative estimate of drug-likeness (QED) is 0.443. The minimum Gasteiger partial charge on any atom is -0.475 e. The van der Waals surface area contributed by atoms with E-state index in [9.17, 15) is 13.2 Å². The monoisotopic (exact) mass is 542 g/mol. The lowest BCUT2D eigenvalue weighted by molar-refractivity contribution is 0.0981. The summed E-state index contributed by atoms with van der Waals surface area (Å²) in [6, 6.07) is 11.2. The largest absolute Gasteiger partial charge is 0.475 e.